The summed E-state index contributed by atoms with van der Waals surface area (Å²) in [7, 11) is 1.39. The molecule has 3 atom stereocenters. The van der Waals surface area contributed by atoms with E-state index in [1.165, 1.54) is 13.2 Å². The molecular formula is C18H23F2NO4. The van der Waals surface area contributed by atoms with Crippen LogP contribution in [-0.2, 0) is 11.3 Å². The minimum atomic E-state index is -2.92. The van der Waals surface area contributed by atoms with Gasteiger partial charge in [-0.15, -0.1) is 0 Å². The van der Waals surface area contributed by atoms with Crippen LogP contribution in [0, 0.1) is 5.92 Å². The second-order valence-corrected chi connectivity index (χ2v) is 6.74. The van der Waals surface area contributed by atoms with Crippen molar-refractivity contribution in [1.29, 1.82) is 0 Å². The summed E-state index contributed by atoms with van der Waals surface area (Å²) in [5.41, 5.74) is 0.830. The number of likely N-dealkylation sites (tertiary alicyclic amines) is 1. The van der Waals surface area contributed by atoms with Gasteiger partial charge in [0.15, 0.2) is 11.5 Å². The van der Waals surface area contributed by atoms with Crippen molar-refractivity contribution in [2.75, 3.05) is 7.11 Å². The smallest absolute Gasteiger partial charge is 0.387 e. The van der Waals surface area contributed by atoms with E-state index in [1.807, 2.05) is 0 Å². The molecule has 0 radical (unpaired) electrons. The molecule has 1 aromatic rings. The summed E-state index contributed by atoms with van der Waals surface area (Å²) in [6, 6.07) is 4.57. The molecule has 3 unspecified atom stereocenters. The van der Waals surface area contributed by atoms with Crippen molar-refractivity contribution in [1.82, 2.24) is 4.90 Å². The monoisotopic (exact) mass is 355 g/mol. The van der Waals surface area contributed by atoms with Crippen LogP contribution >= 0.6 is 0 Å². The van der Waals surface area contributed by atoms with E-state index in [-0.39, 0.29) is 17.5 Å². The zero-order valence-corrected chi connectivity index (χ0v) is 14.2. The number of ether oxygens (including phenoxy) is 2. The van der Waals surface area contributed by atoms with Crippen LogP contribution in [0.15, 0.2) is 18.2 Å². The molecule has 2 aliphatic rings. The van der Waals surface area contributed by atoms with Gasteiger partial charge in [0.05, 0.1) is 7.11 Å². The Kier molecular flexibility index (Phi) is 5.42. The van der Waals surface area contributed by atoms with Crippen LogP contribution in [0.25, 0.3) is 0 Å². The Morgan fingerprint density at radius 1 is 1.32 bits per heavy atom. The number of carbonyl (C=O) groups is 1. The van der Waals surface area contributed by atoms with Gasteiger partial charge in [-0.25, -0.2) is 0 Å². The van der Waals surface area contributed by atoms with Crippen LogP contribution in [-0.4, -0.2) is 41.8 Å². The lowest BCUT2D eigenvalue weighted by molar-refractivity contribution is -0.142. The van der Waals surface area contributed by atoms with Gasteiger partial charge in [-0.05, 0) is 42.9 Å². The quantitative estimate of drug-likeness (QED) is 0.846. The number of hydrogen-bond acceptors (Lipinski definition) is 4. The highest BCUT2D eigenvalue weighted by Crippen LogP contribution is 2.41. The number of hydrogen-bond donors (Lipinski definition) is 1. The SMILES string of the molecule is COc1cc(CN2C(C(=O)O)CC3CCCCC32)ccc1OC(F)F. The number of halogens is 2. The van der Waals surface area contributed by atoms with Crippen molar-refractivity contribution in [2.45, 2.75) is 57.3 Å². The van der Waals surface area contributed by atoms with Gasteiger partial charge in [-0.2, -0.15) is 8.78 Å². The number of carboxylic acids is 1. The molecule has 25 heavy (non-hydrogen) atoms. The standard InChI is InChI=1S/C18H23F2NO4/c1-24-16-8-11(6-7-15(16)25-18(19)20)10-21-13-5-3-2-4-12(13)9-14(21)17(22)23/h6-8,12-14,18H,2-5,9-10H2,1H3,(H,22,23). The van der Waals surface area contributed by atoms with Crippen molar-refractivity contribution in [3.8, 4) is 11.5 Å². The molecule has 1 aromatic carbocycles. The molecule has 1 aliphatic carbocycles. The summed E-state index contributed by atoms with van der Waals surface area (Å²) in [4.78, 5) is 13.7. The predicted octanol–water partition coefficient (Wildman–Crippen LogP) is 3.51. The second kappa shape index (κ2) is 7.56. The summed E-state index contributed by atoms with van der Waals surface area (Å²) in [6.45, 7) is -2.46. The Morgan fingerprint density at radius 2 is 2.08 bits per heavy atom. The molecule has 0 aromatic heterocycles. The zero-order chi connectivity index (χ0) is 18.0. The third-order valence-corrected chi connectivity index (χ3v) is 5.32. The fraction of sp³-hybridized carbons (Fsp3) is 0.611. The Morgan fingerprint density at radius 3 is 2.76 bits per heavy atom. The van der Waals surface area contributed by atoms with Gasteiger partial charge in [0, 0.05) is 12.6 Å². The first-order valence-electron chi connectivity index (χ1n) is 8.60. The van der Waals surface area contributed by atoms with Crippen LogP contribution in [0.1, 0.15) is 37.7 Å². The van der Waals surface area contributed by atoms with Gasteiger partial charge >= 0.3 is 12.6 Å². The van der Waals surface area contributed by atoms with Crippen molar-refractivity contribution < 1.29 is 28.2 Å². The average molecular weight is 355 g/mol. The Labute approximate surface area is 145 Å². The average Bonchev–Trinajstić information content (AvgIpc) is 2.95. The highest BCUT2D eigenvalue weighted by Gasteiger charge is 2.45. The molecule has 0 amide bonds. The molecule has 5 nitrogen and oxygen atoms in total. The van der Waals surface area contributed by atoms with E-state index in [0.717, 1.165) is 31.2 Å². The minimum Gasteiger partial charge on any atom is -0.493 e. The lowest BCUT2D eigenvalue weighted by Gasteiger charge is -2.33. The Balaban J connectivity index is 1.80. The van der Waals surface area contributed by atoms with E-state index < -0.39 is 18.6 Å². The van der Waals surface area contributed by atoms with Crippen LogP contribution in [0.4, 0.5) is 8.78 Å². The normalized spacial score (nSPS) is 26.5. The maximum absolute atomic E-state index is 12.4. The maximum atomic E-state index is 12.4. The van der Waals surface area contributed by atoms with Gasteiger partial charge in [-0.1, -0.05) is 18.9 Å². The second-order valence-electron chi connectivity index (χ2n) is 6.74. The lowest BCUT2D eigenvalue weighted by Crippen LogP contribution is -2.41. The summed E-state index contributed by atoms with van der Waals surface area (Å²) in [5.74, 6) is -0.158. The van der Waals surface area contributed by atoms with E-state index in [4.69, 9.17) is 4.74 Å². The van der Waals surface area contributed by atoms with Gasteiger partial charge in [0.25, 0.3) is 0 Å². The molecular weight excluding hydrogens is 332 g/mol. The lowest BCUT2D eigenvalue weighted by atomic mass is 9.84. The Hall–Kier alpha value is -1.89. The third-order valence-electron chi connectivity index (χ3n) is 5.32. The van der Waals surface area contributed by atoms with Gasteiger partial charge in [0.2, 0.25) is 0 Å². The zero-order valence-electron chi connectivity index (χ0n) is 14.2. The molecule has 1 saturated carbocycles. The van der Waals surface area contributed by atoms with Crippen molar-refractivity contribution in [3.05, 3.63) is 23.8 Å². The number of methoxy groups -OCH3 is 1. The summed E-state index contributed by atoms with van der Waals surface area (Å²) in [6.07, 6.45) is 5.06. The number of carboxylic acid groups (broad SMARTS) is 1. The first-order valence-corrected chi connectivity index (χ1v) is 8.60. The van der Waals surface area contributed by atoms with Crippen molar-refractivity contribution in [3.63, 3.8) is 0 Å². The van der Waals surface area contributed by atoms with Crippen LogP contribution < -0.4 is 9.47 Å². The molecule has 0 spiro atoms. The van der Waals surface area contributed by atoms with E-state index in [9.17, 15) is 18.7 Å². The van der Waals surface area contributed by atoms with E-state index in [0.29, 0.717) is 18.9 Å². The fourth-order valence-corrected chi connectivity index (χ4v) is 4.24. The molecule has 1 aliphatic heterocycles. The van der Waals surface area contributed by atoms with Gasteiger partial charge in [-0.3, -0.25) is 9.69 Å². The van der Waals surface area contributed by atoms with Crippen molar-refractivity contribution >= 4 is 5.97 Å². The third kappa shape index (κ3) is 3.86. The molecule has 138 valence electrons. The topological polar surface area (TPSA) is 59.0 Å². The number of benzene rings is 1. The molecule has 1 N–H and O–H groups in total. The molecule has 7 heteroatoms. The van der Waals surface area contributed by atoms with Crippen LogP contribution in [0.5, 0.6) is 11.5 Å². The number of nitrogens with zero attached hydrogens (tertiary/aromatic N) is 1. The first-order chi connectivity index (χ1) is 12.0. The largest absolute Gasteiger partial charge is 0.493 e. The highest BCUT2D eigenvalue weighted by atomic mass is 19.3. The summed E-state index contributed by atoms with van der Waals surface area (Å²) >= 11 is 0. The molecule has 2 fully saturated rings. The van der Waals surface area contributed by atoms with Crippen LogP contribution in [0.3, 0.4) is 0 Å². The molecule has 3 rings (SSSR count). The van der Waals surface area contributed by atoms with Crippen molar-refractivity contribution in [2.24, 2.45) is 5.92 Å². The molecule has 1 heterocycles. The van der Waals surface area contributed by atoms with Gasteiger partial charge < -0.3 is 14.6 Å². The predicted molar refractivity (Wildman–Crippen MR) is 87.0 cm³/mol. The highest BCUT2D eigenvalue weighted by molar-refractivity contribution is 5.74. The van der Waals surface area contributed by atoms with Crippen LogP contribution in [0.2, 0.25) is 0 Å². The minimum absolute atomic E-state index is 0.0204. The maximum Gasteiger partial charge on any atom is 0.387 e. The van der Waals surface area contributed by atoms with E-state index in [2.05, 4.69) is 9.64 Å². The Bertz CT molecular complexity index is 625. The number of rotatable bonds is 6. The van der Waals surface area contributed by atoms with E-state index in [1.54, 1.807) is 12.1 Å². The summed E-state index contributed by atoms with van der Waals surface area (Å²) < 4.78 is 34.5. The van der Waals surface area contributed by atoms with Gasteiger partial charge in [0.1, 0.15) is 6.04 Å². The number of alkyl halides is 2. The number of fused-ring (bicyclic) bond motifs is 1. The fourth-order valence-electron chi connectivity index (χ4n) is 4.24. The first kappa shape index (κ1) is 17.9. The summed E-state index contributed by atoms with van der Waals surface area (Å²) in [5, 5.41) is 9.58. The molecule has 1 saturated heterocycles. The number of aliphatic carboxylic acids is 1. The molecule has 0 bridgehead atoms. The van der Waals surface area contributed by atoms with E-state index >= 15 is 0 Å².